The molecule has 1 aliphatic carbocycles. The van der Waals surface area contributed by atoms with E-state index in [-0.39, 0.29) is 17.6 Å². The first kappa shape index (κ1) is 11.5. The summed E-state index contributed by atoms with van der Waals surface area (Å²) in [6, 6.07) is -0.254. The van der Waals surface area contributed by atoms with Gasteiger partial charge < -0.3 is 15.2 Å². The van der Waals surface area contributed by atoms with Crippen LogP contribution in [0.2, 0.25) is 0 Å². The normalized spacial score (nSPS) is 32.0. The summed E-state index contributed by atoms with van der Waals surface area (Å²) in [4.78, 5) is 10.6. The summed E-state index contributed by atoms with van der Waals surface area (Å²) in [6.07, 6.45) is 1.13. The predicted molar refractivity (Wildman–Crippen MR) is 53.2 cm³/mol. The van der Waals surface area contributed by atoms with Crippen LogP contribution >= 0.6 is 0 Å². The zero-order valence-electron chi connectivity index (χ0n) is 9.20. The zero-order chi connectivity index (χ0) is 10.9. The molecule has 1 aliphatic rings. The van der Waals surface area contributed by atoms with Crippen LogP contribution in [0.5, 0.6) is 0 Å². The SMILES string of the molecule is COC1CC(NC(C)C(=O)O)C1(C)C. The minimum absolute atomic E-state index is 0.0263. The molecule has 0 aliphatic heterocycles. The Morgan fingerprint density at radius 1 is 1.64 bits per heavy atom. The lowest BCUT2D eigenvalue weighted by Crippen LogP contribution is -2.63. The Labute approximate surface area is 84.6 Å². The van der Waals surface area contributed by atoms with E-state index < -0.39 is 12.0 Å². The summed E-state index contributed by atoms with van der Waals surface area (Å²) < 4.78 is 5.29. The highest BCUT2D eigenvalue weighted by Crippen LogP contribution is 2.42. The fourth-order valence-corrected chi connectivity index (χ4v) is 1.94. The standard InChI is InChI=1S/C10H19NO3/c1-6(9(12)13)11-7-5-8(14-4)10(7,2)3/h6-8,11H,5H2,1-4H3,(H,12,13). The second-order valence-corrected chi connectivity index (χ2v) is 4.56. The third-order valence-corrected chi connectivity index (χ3v) is 3.28. The molecule has 0 amide bonds. The van der Waals surface area contributed by atoms with Crippen molar-refractivity contribution in [3.05, 3.63) is 0 Å². The second kappa shape index (κ2) is 3.87. The van der Waals surface area contributed by atoms with Crippen molar-refractivity contribution in [3.8, 4) is 0 Å². The average Bonchev–Trinajstić information content (AvgIpc) is 2.10. The van der Waals surface area contributed by atoms with Crippen LogP contribution in [-0.2, 0) is 9.53 Å². The minimum Gasteiger partial charge on any atom is -0.480 e. The molecule has 4 heteroatoms. The third kappa shape index (κ3) is 1.91. The number of carboxylic acids is 1. The smallest absolute Gasteiger partial charge is 0.320 e. The van der Waals surface area contributed by atoms with Crippen molar-refractivity contribution < 1.29 is 14.6 Å². The van der Waals surface area contributed by atoms with Gasteiger partial charge in [0.1, 0.15) is 6.04 Å². The fraction of sp³-hybridized carbons (Fsp3) is 0.900. The summed E-state index contributed by atoms with van der Waals surface area (Å²) in [5.41, 5.74) is 0.0263. The monoisotopic (exact) mass is 201 g/mol. The summed E-state index contributed by atoms with van der Waals surface area (Å²) in [6.45, 7) is 5.85. The molecule has 0 aromatic rings. The second-order valence-electron chi connectivity index (χ2n) is 4.56. The van der Waals surface area contributed by atoms with Gasteiger partial charge in [-0.25, -0.2) is 0 Å². The van der Waals surface area contributed by atoms with E-state index in [9.17, 15) is 4.79 Å². The molecule has 1 saturated carbocycles. The van der Waals surface area contributed by atoms with Gasteiger partial charge in [0.05, 0.1) is 6.10 Å². The van der Waals surface area contributed by atoms with Crippen LogP contribution in [0.3, 0.4) is 0 Å². The van der Waals surface area contributed by atoms with Crippen LogP contribution in [0.1, 0.15) is 27.2 Å². The summed E-state index contributed by atoms with van der Waals surface area (Å²) in [7, 11) is 1.70. The van der Waals surface area contributed by atoms with E-state index in [1.807, 2.05) is 0 Å². The van der Waals surface area contributed by atoms with Crippen molar-refractivity contribution in [3.63, 3.8) is 0 Å². The lowest BCUT2D eigenvalue weighted by molar-refractivity contribution is -0.142. The predicted octanol–water partition coefficient (Wildman–Crippen LogP) is 0.863. The number of hydrogen-bond acceptors (Lipinski definition) is 3. The van der Waals surface area contributed by atoms with Crippen LogP contribution in [-0.4, -0.2) is 36.4 Å². The Morgan fingerprint density at radius 2 is 2.21 bits per heavy atom. The first-order valence-electron chi connectivity index (χ1n) is 4.91. The highest BCUT2D eigenvalue weighted by atomic mass is 16.5. The van der Waals surface area contributed by atoms with Crippen molar-refractivity contribution in [2.75, 3.05) is 7.11 Å². The van der Waals surface area contributed by atoms with Gasteiger partial charge in [0.15, 0.2) is 0 Å². The first-order valence-corrected chi connectivity index (χ1v) is 4.91. The van der Waals surface area contributed by atoms with Crippen LogP contribution in [0.4, 0.5) is 0 Å². The number of ether oxygens (including phenoxy) is 1. The summed E-state index contributed by atoms with van der Waals surface area (Å²) in [5, 5.41) is 11.8. The van der Waals surface area contributed by atoms with Crippen LogP contribution in [0.15, 0.2) is 0 Å². The van der Waals surface area contributed by atoms with Gasteiger partial charge in [0, 0.05) is 18.6 Å². The lowest BCUT2D eigenvalue weighted by Gasteiger charge is -2.52. The third-order valence-electron chi connectivity index (χ3n) is 3.28. The first-order chi connectivity index (χ1) is 6.39. The van der Waals surface area contributed by atoms with E-state index in [1.165, 1.54) is 0 Å². The topological polar surface area (TPSA) is 58.6 Å². The molecular weight excluding hydrogens is 182 g/mol. The highest BCUT2D eigenvalue weighted by Gasteiger charge is 2.49. The van der Waals surface area contributed by atoms with E-state index in [0.29, 0.717) is 0 Å². The molecule has 0 spiro atoms. The van der Waals surface area contributed by atoms with Crippen molar-refractivity contribution >= 4 is 5.97 Å². The Balaban J connectivity index is 2.46. The number of nitrogens with one attached hydrogen (secondary N) is 1. The van der Waals surface area contributed by atoms with E-state index >= 15 is 0 Å². The minimum atomic E-state index is -0.804. The molecule has 14 heavy (non-hydrogen) atoms. The number of carboxylic acid groups (broad SMARTS) is 1. The van der Waals surface area contributed by atoms with Crippen molar-refractivity contribution in [1.82, 2.24) is 5.32 Å². The molecule has 4 nitrogen and oxygen atoms in total. The maximum atomic E-state index is 10.6. The molecule has 0 saturated heterocycles. The highest BCUT2D eigenvalue weighted by molar-refractivity contribution is 5.72. The van der Waals surface area contributed by atoms with Gasteiger partial charge in [0.25, 0.3) is 0 Å². The van der Waals surface area contributed by atoms with Gasteiger partial charge in [-0.3, -0.25) is 4.79 Å². The van der Waals surface area contributed by atoms with E-state index in [2.05, 4.69) is 19.2 Å². The number of methoxy groups -OCH3 is 1. The molecule has 3 unspecified atom stereocenters. The van der Waals surface area contributed by atoms with Gasteiger partial charge in [-0.15, -0.1) is 0 Å². The van der Waals surface area contributed by atoms with Crippen molar-refractivity contribution in [1.29, 1.82) is 0 Å². The summed E-state index contributed by atoms with van der Waals surface area (Å²) in [5.74, 6) is -0.804. The number of rotatable bonds is 4. The zero-order valence-corrected chi connectivity index (χ0v) is 9.20. The Bertz CT molecular complexity index is 227. The quantitative estimate of drug-likeness (QED) is 0.708. The molecule has 0 aromatic heterocycles. The largest absolute Gasteiger partial charge is 0.480 e. The Hall–Kier alpha value is -0.610. The number of hydrogen-bond donors (Lipinski definition) is 2. The molecule has 3 atom stereocenters. The fourth-order valence-electron chi connectivity index (χ4n) is 1.94. The van der Waals surface area contributed by atoms with Crippen molar-refractivity contribution in [2.45, 2.75) is 45.4 Å². The average molecular weight is 201 g/mol. The molecule has 82 valence electrons. The molecule has 2 N–H and O–H groups in total. The van der Waals surface area contributed by atoms with E-state index in [1.54, 1.807) is 14.0 Å². The molecule has 0 heterocycles. The summed E-state index contributed by atoms with van der Waals surface area (Å²) >= 11 is 0. The van der Waals surface area contributed by atoms with Crippen LogP contribution < -0.4 is 5.32 Å². The van der Waals surface area contributed by atoms with Crippen LogP contribution in [0.25, 0.3) is 0 Å². The van der Waals surface area contributed by atoms with Gasteiger partial charge in [0.2, 0.25) is 0 Å². The Morgan fingerprint density at radius 3 is 2.57 bits per heavy atom. The maximum absolute atomic E-state index is 10.6. The van der Waals surface area contributed by atoms with Crippen molar-refractivity contribution in [2.24, 2.45) is 5.41 Å². The van der Waals surface area contributed by atoms with Gasteiger partial charge >= 0.3 is 5.97 Å². The van der Waals surface area contributed by atoms with Gasteiger partial charge in [-0.2, -0.15) is 0 Å². The van der Waals surface area contributed by atoms with Gasteiger partial charge in [-0.1, -0.05) is 13.8 Å². The molecule has 1 rings (SSSR count). The Kier molecular flexibility index (Phi) is 3.17. The van der Waals surface area contributed by atoms with Gasteiger partial charge in [-0.05, 0) is 13.3 Å². The maximum Gasteiger partial charge on any atom is 0.320 e. The van der Waals surface area contributed by atoms with Crippen LogP contribution in [0, 0.1) is 5.41 Å². The molecular formula is C10H19NO3. The molecule has 0 aromatic carbocycles. The molecule has 1 fully saturated rings. The van der Waals surface area contributed by atoms with E-state index in [0.717, 1.165) is 6.42 Å². The van der Waals surface area contributed by atoms with E-state index in [4.69, 9.17) is 9.84 Å². The lowest BCUT2D eigenvalue weighted by atomic mass is 9.64. The molecule has 0 bridgehead atoms. The number of aliphatic carboxylic acids is 1. The number of carbonyl (C=O) groups is 1. The molecule has 0 radical (unpaired) electrons.